The Morgan fingerprint density at radius 2 is 1.93 bits per heavy atom. The topological polar surface area (TPSA) is 94.2 Å². The summed E-state index contributed by atoms with van der Waals surface area (Å²) in [6.45, 7) is 1.40. The van der Waals surface area contributed by atoms with Gasteiger partial charge in [-0.3, -0.25) is 9.10 Å². The van der Waals surface area contributed by atoms with Crippen LogP contribution in [0.1, 0.15) is 6.92 Å². The van der Waals surface area contributed by atoms with Crippen LogP contribution in [-0.2, 0) is 14.8 Å². The van der Waals surface area contributed by atoms with Crippen molar-refractivity contribution in [2.45, 2.75) is 13.0 Å². The van der Waals surface area contributed by atoms with Crippen LogP contribution in [0, 0.1) is 0 Å². The lowest BCUT2D eigenvalue weighted by molar-refractivity contribution is -0.122. The van der Waals surface area contributed by atoms with E-state index in [0.717, 1.165) is 0 Å². The van der Waals surface area contributed by atoms with E-state index >= 15 is 0 Å². The van der Waals surface area contributed by atoms with E-state index in [2.05, 4.69) is 5.32 Å². The lowest BCUT2D eigenvalue weighted by atomic mass is 10.2. The molecule has 3 rings (SSSR count). The predicted octanol–water partition coefficient (Wildman–Crippen LogP) is 2.91. The predicted molar refractivity (Wildman–Crippen MR) is 111 cm³/mol. The molecule has 8 nitrogen and oxygen atoms in total. The standard InChI is InChI=1S/C19H21ClN2O6S/c1-4-29(24,25)22-11-18(28-15-8-6-5-7-14(15)22)19(23)21-13-10-16(26-2)12(20)9-17(13)27-3/h5-10,18H,4,11H2,1-3H3,(H,21,23)/t18-/m0/s1. The van der Waals surface area contributed by atoms with Gasteiger partial charge < -0.3 is 19.5 Å². The normalized spacial score (nSPS) is 15.9. The van der Waals surface area contributed by atoms with Gasteiger partial charge in [0, 0.05) is 12.1 Å². The summed E-state index contributed by atoms with van der Waals surface area (Å²) in [6, 6.07) is 9.73. The molecule has 0 unspecified atom stereocenters. The Hall–Kier alpha value is -2.65. The summed E-state index contributed by atoms with van der Waals surface area (Å²) in [4.78, 5) is 12.9. The third kappa shape index (κ3) is 4.20. The Morgan fingerprint density at radius 1 is 1.24 bits per heavy atom. The van der Waals surface area contributed by atoms with E-state index in [-0.39, 0.29) is 12.3 Å². The van der Waals surface area contributed by atoms with Gasteiger partial charge in [-0.15, -0.1) is 0 Å². The van der Waals surface area contributed by atoms with Gasteiger partial charge in [0.05, 0.1) is 42.9 Å². The molecule has 0 aromatic heterocycles. The van der Waals surface area contributed by atoms with Crippen molar-refractivity contribution >= 4 is 38.9 Å². The molecule has 1 heterocycles. The van der Waals surface area contributed by atoms with Gasteiger partial charge in [-0.1, -0.05) is 23.7 Å². The fourth-order valence-corrected chi connectivity index (χ4v) is 4.28. The molecule has 156 valence electrons. The average Bonchev–Trinajstić information content (AvgIpc) is 2.73. The summed E-state index contributed by atoms with van der Waals surface area (Å²) in [5, 5.41) is 3.03. The second-order valence-electron chi connectivity index (χ2n) is 6.18. The van der Waals surface area contributed by atoms with E-state index in [4.69, 9.17) is 25.8 Å². The van der Waals surface area contributed by atoms with E-state index in [1.165, 1.54) is 30.7 Å². The van der Waals surface area contributed by atoms with Crippen molar-refractivity contribution in [2.24, 2.45) is 0 Å². The number of rotatable bonds is 6. The Morgan fingerprint density at radius 3 is 2.59 bits per heavy atom. The minimum Gasteiger partial charge on any atom is -0.495 e. The van der Waals surface area contributed by atoms with Crippen molar-refractivity contribution in [3.63, 3.8) is 0 Å². The number of methoxy groups -OCH3 is 2. The number of amides is 1. The van der Waals surface area contributed by atoms with E-state index < -0.39 is 22.0 Å². The van der Waals surface area contributed by atoms with Crippen LogP contribution < -0.4 is 23.8 Å². The Balaban J connectivity index is 1.91. The average molecular weight is 441 g/mol. The number of hydrogen-bond donors (Lipinski definition) is 1. The van der Waals surface area contributed by atoms with Gasteiger partial charge in [0.15, 0.2) is 6.10 Å². The first kappa shape index (κ1) is 21.1. The van der Waals surface area contributed by atoms with Gasteiger partial charge in [-0.2, -0.15) is 0 Å². The summed E-state index contributed by atoms with van der Waals surface area (Å²) >= 11 is 6.09. The third-order valence-corrected chi connectivity index (χ3v) is 6.50. The number of fused-ring (bicyclic) bond motifs is 1. The SMILES string of the molecule is CCS(=O)(=O)N1C[C@@H](C(=O)Nc2cc(OC)c(Cl)cc2OC)Oc2ccccc21. The zero-order valence-electron chi connectivity index (χ0n) is 16.1. The second-order valence-corrected chi connectivity index (χ2v) is 8.77. The van der Waals surface area contributed by atoms with Crippen LogP contribution in [0.15, 0.2) is 36.4 Å². The Kier molecular flexibility index (Phi) is 6.09. The van der Waals surface area contributed by atoms with E-state index in [1.54, 1.807) is 31.2 Å². The van der Waals surface area contributed by atoms with Crippen molar-refractivity contribution in [3.8, 4) is 17.2 Å². The molecule has 29 heavy (non-hydrogen) atoms. The number of anilines is 2. The molecule has 0 saturated heterocycles. The molecule has 0 aliphatic carbocycles. The maximum Gasteiger partial charge on any atom is 0.267 e. The highest BCUT2D eigenvalue weighted by molar-refractivity contribution is 7.92. The number of halogens is 1. The smallest absolute Gasteiger partial charge is 0.267 e. The van der Waals surface area contributed by atoms with Crippen molar-refractivity contribution in [1.82, 2.24) is 0 Å². The molecule has 2 aromatic rings. The quantitative estimate of drug-likeness (QED) is 0.742. The summed E-state index contributed by atoms with van der Waals surface area (Å²) in [5.74, 6) is 0.374. The number of ether oxygens (including phenoxy) is 3. The largest absolute Gasteiger partial charge is 0.495 e. The monoisotopic (exact) mass is 440 g/mol. The molecular formula is C19H21ClN2O6S. The lowest BCUT2D eigenvalue weighted by Crippen LogP contribution is -2.49. The fourth-order valence-electron chi connectivity index (χ4n) is 2.93. The highest BCUT2D eigenvalue weighted by Gasteiger charge is 2.36. The summed E-state index contributed by atoms with van der Waals surface area (Å²) in [5.41, 5.74) is 0.732. The Labute approximate surface area is 174 Å². The van der Waals surface area contributed by atoms with Crippen LogP contribution >= 0.6 is 11.6 Å². The van der Waals surface area contributed by atoms with E-state index in [9.17, 15) is 13.2 Å². The second kappa shape index (κ2) is 8.38. The lowest BCUT2D eigenvalue weighted by Gasteiger charge is -2.34. The molecule has 10 heteroatoms. The molecule has 0 spiro atoms. The molecule has 1 aliphatic heterocycles. The highest BCUT2D eigenvalue weighted by atomic mass is 35.5. The Bertz CT molecular complexity index is 1030. The molecule has 0 radical (unpaired) electrons. The third-order valence-electron chi connectivity index (χ3n) is 4.46. The van der Waals surface area contributed by atoms with Crippen LogP contribution in [0.3, 0.4) is 0 Å². The fraction of sp³-hybridized carbons (Fsp3) is 0.316. The first-order valence-corrected chi connectivity index (χ1v) is 10.8. The number of sulfonamides is 1. The highest BCUT2D eigenvalue weighted by Crippen LogP contribution is 2.38. The van der Waals surface area contributed by atoms with Crippen molar-refractivity contribution in [2.75, 3.05) is 36.1 Å². The molecule has 1 N–H and O–H groups in total. The van der Waals surface area contributed by atoms with Crippen molar-refractivity contribution in [3.05, 3.63) is 41.4 Å². The van der Waals surface area contributed by atoms with Crippen molar-refractivity contribution in [1.29, 1.82) is 0 Å². The number of hydrogen-bond acceptors (Lipinski definition) is 6. The van der Waals surface area contributed by atoms with Gasteiger partial charge >= 0.3 is 0 Å². The number of carbonyl (C=O) groups excluding carboxylic acids is 1. The van der Waals surface area contributed by atoms with Gasteiger partial charge in [-0.25, -0.2) is 8.42 Å². The van der Waals surface area contributed by atoms with Crippen LogP contribution in [0.5, 0.6) is 17.2 Å². The van der Waals surface area contributed by atoms with Gasteiger partial charge in [0.1, 0.15) is 17.2 Å². The summed E-state index contributed by atoms with van der Waals surface area (Å²) in [7, 11) is -0.698. The van der Waals surface area contributed by atoms with Crippen LogP contribution in [-0.4, -0.2) is 46.9 Å². The van der Waals surface area contributed by atoms with Crippen molar-refractivity contribution < 1.29 is 27.4 Å². The van der Waals surface area contributed by atoms with Gasteiger partial charge in [0.2, 0.25) is 10.0 Å². The number of nitrogens with zero attached hydrogens (tertiary/aromatic N) is 1. The molecular weight excluding hydrogens is 420 g/mol. The molecule has 0 bridgehead atoms. The summed E-state index contributed by atoms with van der Waals surface area (Å²) in [6.07, 6.45) is -1.06. The molecule has 1 atom stereocenters. The molecule has 0 fully saturated rings. The minimum absolute atomic E-state index is 0.0993. The van der Waals surface area contributed by atoms with Crippen LogP contribution in [0.25, 0.3) is 0 Å². The summed E-state index contributed by atoms with van der Waals surface area (Å²) < 4.78 is 42.5. The zero-order valence-corrected chi connectivity index (χ0v) is 17.7. The van der Waals surface area contributed by atoms with Crippen LogP contribution in [0.4, 0.5) is 11.4 Å². The number of carbonyl (C=O) groups is 1. The van der Waals surface area contributed by atoms with Crippen LogP contribution in [0.2, 0.25) is 5.02 Å². The maximum absolute atomic E-state index is 12.9. The van der Waals surface area contributed by atoms with E-state index in [0.29, 0.717) is 33.6 Å². The number of benzene rings is 2. The van der Waals surface area contributed by atoms with E-state index in [1.807, 2.05) is 0 Å². The molecule has 1 aliphatic rings. The molecule has 0 saturated carbocycles. The maximum atomic E-state index is 12.9. The minimum atomic E-state index is -3.59. The molecule has 2 aromatic carbocycles. The molecule has 1 amide bonds. The van der Waals surface area contributed by atoms with Gasteiger partial charge in [-0.05, 0) is 19.1 Å². The first-order chi connectivity index (χ1) is 13.8. The number of nitrogens with one attached hydrogen (secondary N) is 1. The zero-order chi connectivity index (χ0) is 21.2. The van der Waals surface area contributed by atoms with Gasteiger partial charge in [0.25, 0.3) is 5.91 Å². The first-order valence-electron chi connectivity index (χ1n) is 8.79. The number of para-hydroxylation sites is 2.